The summed E-state index contributed by atoms with van der Waals surface area (Å²) in [4.78, 5) is 16.3. The van der Waals surface area contributed by atoms with Crippen LogP contribution in [-0.4, -0.2) is 40.6 Å². The zero-order valence-electron chi connectivity index (χ0n) is 17.5. The van der Waals surface area contributed by atoms with Gasteiger partial charge in [-0.25, -0.2) is 13.4 Å². The molecule has 0 unspecified atom stereocenters. The molecule has 0 spiro atoms. The third kappa shape index (κ3) is 5.37. The summed E-state index contributed by atoms with van der Waals surface area (Å²) in [5, 5.41) is 4.62. The highest BCUT2D eigenvalue weighted by Gasteiger charge is 2.16. The van der Waals surface area contributed by atoms with Crippen LogP contribution in [0.25, 0.3) is 6.08 Å². The minimum absolute atomic E-state index is 0.0521. The first-order chi connectivity index (χ1) is 15.4. The van der Waals surface area contributed by atoms with Crippen molar-refractivity contribution in [1.29, 1.82) is 0 Å². The number of ether oxygens (including phenoxy) is 3. The van der Waals surface area contributed by atoms with Crippen molar-refractivity contribution < 1.29 is 27.4 Å². The SMILES string of the molecule is COc1ccc(/C=C/C(=O)Nc2ccc(S(=O)(=O)Nc3nccs3)cc2)c(OC)c1OC. The van der Waals surface area contributed by atoms with Crippen LogP contribution in [0.3, 0.4) is 0 Å². The molecule has 0 saturated carbocycles. The van der Waals surface area contributed by atoms with Gasteiger partial charge in [0.15, 0.2) is 16.6 Å². The second kappa shape index (κ2) is 10.2. The van der Waals surface area contributed by atoms with E-state index in [1.54, 1.807) is 23.6 Å². The van der Waals surface area contributed by atoms with Gasteiger partial charge in [0.05, 0.1) is 26.2 Å². The van der Waals surface area contributed by atoms with Crippen molar-refractivity contribution in [1.82, 2.24) is 4.98 Å². The lowest BCUT2D eigenvalue weighted by molar-refractivity contribution is -0.111. The molecule has 3 rings (SSSR count). The van der Waals surface area contributed by atoms with E-state index in [1.807, 2.05) is 0 Å². The van der Waals surface area contributed by atoms with Crippen LogP contribution in [0.2, 0.25) is 0 Å². The Morgan fingerprint density at radius 2 is 1.72 bits per heavy atom. The number of nitrogens with zero attached hydrogens (tertiary/aromatic N) is 1. The number of benzene rings is 2. The van der Waals surface area contributed by atoms with Crippen LogP contribution in [0.15, 0.2) is 58.9 Å². The predicted molar refractivity (Wildman–Crippen MR) is 123 cm³/mol. The Bertz CT molecular complexity index is 1210. The lowest BCUT2D eigenvalue weighted by Gasteiger charge is -2.14. The number of amides is 1. The van der Waals surface area contributed by atoms with Gasteiger partial charge in [-0.2, -0.15) is 0 Å². The van der Waals surface area contributed by atoms with Crippen LogP contribution in [-0.2, 0) is 14.8 Å². The number of carbonyl (C=O) groups excluding carboxylic acids is 1. The Hall–Kier alpha value is -3.57. The fourth-order valence-corrected chi connectivity index (χ4v) is 4.56. The average Bonchev–Trinajstić information content (AvgIpc) is 3.29. The molecule has 32 heavy (non-hydrogen) atoms. The van der Waals surface area contributed by atoms with Crippen molar-refractivity contribution in [3.05, 3.63) is 59.6 Å². The zero-order chi connectivity index (χ0) is 23.1. The number of anilines is 2. The van der Waals surface area contributed by atoms with Crippen LogP contribution >= 0.6 is 11.3 Å². The Kier molecular flexibility index (Phi) is 7.33. The van der Waals surface area contributed by atoms with Crippen LogP contribution in [0, 0.1) is 0 Å². The van der Waals surface area contributed by atoms with Gasteiger partial charge in [-0.15, -0.1) is 11.3 Å². The quantitative estimate of drug-likeness (QED) is 0.454. The van der Waals surface area contributed by atoms with Crippen molar-refractivity contribution in [2.75, 3.05) is 31.4 Å². The molecule has 0 fully saturated rings. The molecule has 0 aliphatic heterocycles. The first-order valence-corrected chi connectivity index (χ1v) is 11.5. The van der Waals surface area contributed by atoms with E-state index in [1.165, 1.54) is 69.2 Å². The number of sulfonamides is 1. The number of hydrogen-bond donors (Lipinski definition) is 2. The highest BCUT2D eigenvalue weighted by Crippen LogP contribution is 2.40. The number of carbonyl (C=O) groups is 1. The van der Waals surface area contributed by atoms with Gasteiger partial charge in [-0.1, -0.05) is 0 Å². The van der Waals surface area contributed by atoms with E-state index in [4.69, 9.17) is 14.2 Å². The van der Waals surface area contributed by atoms with Crippen molar-refractivity contribution in [2.45, 2.75) is 4.90 Å². The summed E-state index contributed by atoms with van der Waals surface area (Å²) in [6, 6.07) is 9.23. The number of rotatable bonds is 9. The summed E-state index contributed by atoms with van der Waals surface area (Å²) < 4.78 is 43.1. The van der Waals surface area contributed by atoms with Gasteiger partial charge in [0.25, 0.3) is 10.0 Å². The van der Waals surface area contributed by atoms with E-state index >= 15 is 0 Å². The van der Waals surface area contributed by atoms with E-state index in [2.05, 4.69) is 15.0 Å². The maximum absolute atomic E-state index is 12.4. The molecule has 2 aromatic carbocycles. The molecule has 0 aliphatic carbocycles. The first kappa shape index (κ1) is 23.1. The molecule has 3 aromatic rings. The maximum Gasteiger partial charge on any atom is 0.263 e. The molecule has 0 bridgehead atoms. The molecule has 0 radical (unpaired) electrons. The van der Waals surface area contributed by atoms with Gasteiger partial charge in [0, 0.05) is 28.9 Å². The summed E-state index contributed by atoms with van der Waals surface area (Å²) in [6.45, 7) is 0. The molecule has 1 heterocycles. The highest BCUT2D eigenvalue weighted by molar-refractivity contribution is 7.93. The van der Waals surface area contributed by atoms with Gasteiger partial charge in [0.1, 0.15) is 0 Å². The smallest absolute Gasteiger partial charge is 0.263 e. The van der Waals surface area contributed by atoms with Gasteiger partial charge in [-0.05, 0) is 42.5 Å². The normalized spacial score (nSPS) is 11.2. The maximum atomic E-state index is 12.4. The lowest BCUT2D eigenvalue weighted by atomic mass is 10.1. The summed E-state index contributed by atoms with van der Waals surface area (Å²) in [6.07, 6.45) is 4.41. The molecule has 2 N–H and O–H groups in total. The molecule has 0 saturated heterocycles. The minimum Gasteiger partial charge on any atom is -0.493 e. The molecule has 1 aromatic heterocycles. The molecule has 0 atom stereocenters. The highest BCUT2D eigenvalue weighted by atomic mass is 32.2. The molecule has 9 nitrogen and oxygen atoms in total. The summed E-state index contributed by atoms with van der Waals surface area (Å²) in [7, 11) is 0.751. The van der Waals surface area contributed by atoms with Crippen molar-refractivity contribution >= 4 is 44.2 Å². The molecular weight excluding hydrogens is 454 g/mol. The average molecular weight is 476 g/mol. The molecule has 168 valence electrons. The lowest BCUT2D eigenvalue weighted by Crippen LogP contribution is -2.13. The van der Waals surface area contributed by atoms with E-state index in [9.17, 15) is 13.2 Å². The summed E-state index contributed by atoms with van der Waals surface area (Å²) >= 11 is 1.18. The topological polar surface area (TPSA) is 116 Å². The van der Waals surface area contributed by atoms with Crippen LogP contribution in [0.1, 0.15) is 5.56 Å². The largest absolute Gasteiger partial charge is 0.493 e. The van der Waals surface area contributed by atoms with Crippen molar-refractivity contribution in [3.8, 4) is 17.2 Å². The van der Waals surface area contributed by atoms with Gasteiger partial charge in [0.2, 0.25) is 11.7 Å². The Morgan fingerprint density at radius 3 is 2.31 bits per heavy atom. The second-order valence-electron chi connectivity index (χ2n) is 6.21. The molecule has 11 heteroatoms. The zero-order valence-corrected chi connectivity index (χ0v) is 19.1. The standard InChI is InChI=1S/C21H21N3O6S2/c1-28-17-10-4-14(19(29-2)20(17)30-3)5-11-18(25)23-15-6-8-16(9-7-15)32(26,27)24-21-22-12-13-31-21/h4-13H,1-3H3,(H,22,24)(H,23,25)/b11-5+. The van der Waals surface area contributed by atoms with Crippen LogP contribution < -0.4 is 24.2 Å². The minimum atomic E-state index is -3.76. The molecule has 1 amide bonds. The Labute approximate surface area is 189 Å². The van der Waals surface area contributed by atoms with Crippen molar-refractivity contribution in [3.63, 3.8) is 0 Å². The van der Waals surface area contributed by atoms with E-state index in [0.29, 0.717) is 28.5 Å². The Morgan fingerprint density at radius 1 is 1.00 bits per heavy atom. The van der Waals surface area contributed by atoms with E-state index in [-0.39, 0.29) is 10.0 Å². The fourth-order valence-electron chi connectivity index (χ4n) is 2.77. The third-order valence-electron chi connectivity index (χ3n) is 4.24. The fraction of sp³-hybridized carbons (Fsp3) is 0.143. The van der Waals surface area contributed by atoms with Crippen LogP contribution in [0.4, 0.5) is 10.8 Å². The summed E-state index contributed by atoms with van der Waals surface area (Å²) in [5.74, 6) is 0.947. The van der Waals surface area contributed by atoms with E-state index in [0.717, 1.165) is 0 Å². The van der Waals surface area contributed by atoms with Gasteiger partial charge >= 0.3 is 0 Å². The van der Waals surface area contributed by atoms with Gasteiger partial charge in [-0.3, -0.25) is 9.52 Å². The van der Waals surface area contributed by atoms with Gasteiger partial charge < -0.3 is 19.5 Å². The van der Waals surface area contributed by atoms with Crippen molar-refractivity contribution in [2.24, 2.45) is 0 Å². The first-order valence-electron chi connectivity index (χ1n) is 9.18. The molecule has 0 aliphatic rings. The monoisotopic (exact) mass is 475 g/mol. The molecular formula is C21H21N3O6S2. The third-order valence-corrected chi connectivity index (χ3v) is 6.41. The summed E-state index contributed by atoms with van der Waals surface area (Å²) in [5.41, 5.74) is 1.06. The van der Waals surface area contributed by atoms with Crippen LogP contribution in [0.5, 0.6) is 17.2 Å². The second-order valence-corrected chi connectivity index (χ2v) is 8.79. The Balaban J connectivity index is 1.70. The van der Waals surface area contributed by atoms with E-state index < -0.39 is 15.9 Å². The predicted octanol–water partition coefficient (Wildman–Crippen LogP) is 3.62. The number of hydrogen-bond acceptors (Lipinski definition) is 8. The number of methoxy groups -OCH3 is 3. The number of nitrogens with one attached hydrogen (secondary N) is 2. The number of thiazole rings is 1. The number of aromatic nitrogens is 1.